The van der Waals surface area contributed by atoms with E-state index in [1.165, 1.54) is 0 Å². The molecule has 1 aliphatic heterocycles. The molecular weight excluding hydrogens is 152 g/mol. The van der Waals surface area contributed by atoms with Gasteiger partial charge in [-0.2, -0.15) is 0 Å². The smallest absolute Gasteiger partial charge is 0.306 e. The number of hydrogen-bond donors (Lipinski definition) is 0. The number of carbonyl (C=O) groups excluding carboxylic acids is 1. The highest BCUT2D eigenvalue weighted by molar-refractivity contribution is 5.70. The molecule has 0 N–H and O–H groups in total. The molecule has 2 heteroatoms. The summed E-state index contributed by atoms with van der Waals surface area (Å²) in [6, 6.07) is 0. The molecule has 1 fully saturated rings. The maximum absolute atomic E-state index is 10.9. The fourth-order valence-corrected chi connectivity index (χ4v) is 1.43. The molecule has 1 atom stereocenters. The molecule has 0 radical (unpaired) electrons. The summed E-state index contributed by atoms with van der Waals surface area (Å²) in [5, 5.41) is 0. The molecule has 2 nitrogen and oxygen atoms in total. The van der Waals surface area contributed by atoms with Crippen molar-refractivity contribution in [1.82, 2.24) is 0 Å². The van der Waals surface area contributed by atoms with Crippen LogP contribution in [0.5, 0.6) is 0 Å². The molecule has 12 heavy (non-hydrogen) atoms. The first-order valence-corrected chi connectivity index (χ1v) is 4.63. The predicted molar refractivity (Wildman–Crippen MR) is 47.8 cm³/mol. The molecule has 1 heterocycles. The van der Waals surface area contributed by atoms with Gasteiger partial charge in [-0.15, -0.1) is 0 Å². The van der Waals surface area contributed by atoms with E-state index < -0.39 is 0 Å². The number of carbonyl (C=O) groups is 1. The topological polar surface area (TPSA) is 26.3 Å². The van der Waals surface area contributed by atoms with Crippen LogP contribution in [0.2, 0.25) is 0 Å². The summed E-state index contributed by atoms with van der Waals surface area (Å²) in [5.74, 6) is -0.0215. The molecule has 0 unspecified atom stereocenters. The Labute approximate surface area is 73.6 Å². The molecule has 0 aromatic rings. The minimum absolute atomic E-state index is 0.0215. The third-order valence-electron chi connectivity index (χ3n) is 2.10. The highest BCUT2D eigenvalue weighted by Crippen LogP contribution is 2.17. The van der Waals surface area contributed by atoms with Gasteiger partial charge in [0, 0.05) is 6.42 Å². The van der Waals surface area contributed by atoms with Gasteiger partial charge in [0.2, 0.25) is 0 Å². The van der Waals surface area contributed by atoms with E-state index in [1.807, 2.05) is 13.0 Å². The Hall–Kier alpha value is -0.790. The van der Waals surface area contributed by atoms with Crippen LogP contribution in [0, 0.1) is 0 Å². The Morgan fingerprint density at radius 1 is 1.67 bits per heavy atom. The lowest BCUT2D eigenvalue weighted by atomic mass is 10.0. The SMILES string of the molecule is C/C=C\CC[C@H]1CCCC(=O)O1. The predicted octanol–water partition coefficient (Wildman–Crippen LogP) is 2.44. The molecule has 0 aromatic carbocycles. The molecular formula is C10H16O2. The first kappa shape index (κ1) is 9.30. The minimum atomic E-state index is -0.0215. The zero-order valence-electron chi connectivity index (χ0n) is 7.58. The van der Waals surface area contributed by atoms with Gasteiger partial charge in [0.15, 0.2) is 0 Å². The second kappa shape index (κ2) is 4.96. The molecule has 0 amide bonds. The van der Waals surface area contributed by atoms with Gasteiger partial charge in [-0.1, -0.05) is 12.2 Å². The zero-order chi connectivity index (χ0) is 8.81. The quantitative estimate of drug-likeness (QED) is 0.478. The zero-order valence-corrected chi connectivity index (χ0v) is 7.58. The molecule has 1 aliphatic rings. The number of allylic oxidation sites excluding steroid dienone is 2. The van der Waals surface area contributed by atoms with Crippen molar-refractivity contribution < 1.29 is 9.53 Å². The number of esters is 1. The van der Waals surface area contributed by atoms with Gasteiger partial charge in [0.25, 0.3) is 0 Å². The summed E-state index contributed by atoms with van der Waals surface area (Å²) in [5.41, 5.74) is 0. The van der Waals surface area contributed by atoms with Crippen LogP contribution in [0.3, 0.4) is 0 Å². The van der Waals surface area contributed by atoms with Crippen LogP contribution in [0.1, 0.15) is 39.0 Å². The van der Waals surface area contributed by atoms with Crippen LogP contribution in [0.15, 0.2) is 12.2 Å². The van der Waals surface area contributed by atoms with Crippen LogP contribution in [-0.2, 0) is 9.53 Å². The van der Waals surface area contributed by atoms with E-state index in [-0.39, 0.29) is 12.1 Å². The van der Waals surface area contributed by atoms with E-state index in [0.717, 1.165) is 25.7 Å². The van der Waals surface area contributed by atoms with E-state index in [2.05, 4.69) is 6.08 Å². The third-order valence-corrected chi connectivity index (χ3v) is 2.10. The molecule has 0 bridgehead atoms. The summed E-state index contributed by atoms with van der Waals surface area (Å²) < 4.78 is 5.16. The first-order valence-electron chi connectivity index (χ1n) is 4.63. The Balaban J connectivity index is 2.18. The highest BCUT2D eigenvalue weighted by atomic mass is 16.5. The van der Waals surface area contributed by atoms with E-state index in [4.69, 9.17) is 4.74 Å². The summed E-state index contributed by atoms with van der Waals surface area (Å²) in [4.78, 5) is 10.9. The number of rotatable bonds is 3. The van der Waals surface area contributed by atoms with Crippen molar-refractivity contribution in [2.24, 2.45) is 0 Å². The van der Waals surface area contributed by atoms with Crippen LogP contribution in [0.25, 0.3) is 0 Å². The Morgan fingerprint density at radius 2 is 2.50 bits per heavy atom. The molecule has 0 aromatic heterocycles. The summed E-state index contributed by atoms with van der Waals surface area (Å²) in [7, 11) is 0. The van der Waals surface area contributed by atoms with Crippen molar-refractivity contribution in [3.05, 3.63) is 12.2 Å². The van der Waals surface area contributed by atoms with Crippen LogP contribution in [-0.4, -0.2) is 12.1 Å². The van der Waals surface area contributed by atoms with Crippen molar-refractivity contribution in [2.45, 2.75) is 45.1 Å². The normalized spacial score (nSPS) is 24.4. The van der Waals surface area contributed by atoms with Crippen LogP contribution >= 0.6 is 0 Å². The molecule has 0 spiro atoms. The summed E-state index contributed by atoms with van der Waals surface area (Å²) >= 11 is 0. The first-order chi connectivity index (χ1) is 5.83. The second-order valence-corrected chi connectivity index (χ2v) is 3.15. The minimum Gasteiger partial charge on any atom is -0.462 e. The Bertz CT molecular complexity index is 173. The van der Waals surface area contributed by atoms with Crippen molar-refractivity contribution in [1.29, 1.82) is 0 Å². The molecule has 68 valence electrons. The summed E-state index contributed by atoms with van der Waals surface area (Å²) in [6.07, 6.45) is 8.99. The number of hydrogen-bond acceptors (Lipinski definition) is 2. The van der Waals surface area contributed by atoms with Gasteiger partial charge in [0.05, 0.1) is 0 Å². The van der Waals surface area contributed by atoms with Crippen molar-refractivity contribution in [3.63, 3.8) is 0 Å². The maximum atomic E-state index is 10.9. The average molecular weight is 168 g/mol. The van der Waals surface area contributed by atoms with E-state index in [0.29, 0.717) is 6.42 Å². The lowest BCUT2D eigenvalue weighted by Gasteiger charge is -2.21. The average Bonchev–Trinajstić information content (AvgIpc) is 2.05. The van der Waals surface area contributed by atoms with Gasteiger partial charge in [-0.05, 0) is 32.6 Å². The molecule has 1 saturated heterocycles. The third kappa shape index (κ3) is 3.07. The molecule has 1 rings (SSSR count). The van der Waals surface area contributed by atoms with Crippen molar-refractivity contribution >= 4 is 5.97 Å². The molecule has 0 saturated carbocycles. The van der Waals surface area contributed by atoms with E-state index in [9.17, 15) is 4.79 Å². The van der Waals surface area contributed by atoms with Crippen LogP contribution in [0.4, 0.5) is 0 Å². The Kier molecular flexibility index (Phi) is 3.85. The van der Waals surface area contributed by atoms with Gasteiger partial charge in [-0.25, -0.2) is 0 Å². The monoisotopic (exact) mass is 168 g/mol. The lowest BCUT2D eigenvalue weighted by molar-refractivity contribution is -0.153. The van der Waals surface area contributed by atoms with Gasteiger partial charge in [-0.3, -0.25) is 4.79 Å². The van der Waals surface area contributed by atoms with E-state index in [1.54, 1.807) is 0 Å². The number of cyclic esters (lactones) is 1. The van der Waals surface area contributed by atoms with Gasteiger partial charge < -0.3 is 4.74 Å². The van der Waals surface area contributed by atoms with Gasteiger partial charge >= 0.3 is 5.97 Å². The fourth-order valence-electron chi connectivity index (χ4n) is 1.43. The van der Waals surface area contributed by atoms with Gasteiger partial charge in [0.1, 0.15) is 6.10 Å². The maximum Gasteiger partial charge on any atom is 0.306 e. The fraction of sp³-hybridized carbons (Fsp3) is 0.700. The standard InChI is InChI=1S/C10H16O2/c1-2-3-4-6-9-7-5-8-10(11)12-9/h2-3,9H,4-8H2,1H3/b3-2-/t9-/m0/s1. The largest absolute Gasteiger partial charge is 0.462 e. The second-order valence-electron chi connectivity index (χ2n) is 3.15. The number of ether oxygens (including phenoxy) is 1. The van der Waals surface area contributed by atoms with Crippen molar-refractivity contribution in [2.75, 3.05) is 0 Å². The van der Waals surface area contributed by atoms with Crippen molar-refractivity contribution in [3.8, 4) is 0 Å². The highest BCUT2D eigenvalue weighted by Gasteiger charge is 2.18. The summed E-state index contributed by atoms with van der Waals surface area (Å²) in [6.45, 7) is 2.01. The van der Waals surface area contributed by atoms with Crippen LogP contribution < -0.4 is 0 Å². The lowest BCUT2D eigenvalue weighted by Crippen LogP contribution is -2.23. The molecule has 0 aliphatic carbocycles. The van der Waals surface area contributed by atoms with E-state index >= 15 is 0 Å². The Morgan fingerprint density at radius 3 is 3.17 bits per heavy atom.